The zero-order chi connectivity index (χ0) is 27.5. The molecule has 1 heterocycles. The minimum Gasteiger partial charge on any atom is -0.343 e. The Kier molecular flexibility index (Phi) is 7.49. The second-order valence-corrected chi connectivity index (χ2v) is 11.9. The largest absolute Gasteiger partial charge is 0.343 e. The molecule has 3 aromatic carbocycles. The minimum absolute atomic E-state index is 0.0889. The molecular formula is C30H25ClN4O3S. The predicted molar refractivity (Wildman–Crippen MR) is 148 cm³/mol. The zero-order valence-corrected chi connectivity index (χ0v) is 22.5. The average Bonchev–Trinajstić information content (AvgIpc) is 3.74. The third kappa shape index (κ3) is 6.02. The second-order valence-electron chi connectivity index (χ2n) is 9.51. The van der Waals surface area contributed by atoms with Crippen LogP contribution in [0.15, 0.2) is 102 Å². The van der Waals surface area contributed by atoms with Gasteiger partial charge in [0, 0.05) is 36.1 Å². The lowest BCUT2D eigenvalue weighted by Gasteiger charge is -2.23. The lowest BCUT2D eigenvalue weighted by Crippen LogP contribution is -2.34. The Bertz CT molecular complexity index is 1630. The first kappa shape index (κ1) is 26.6. The van der Waals surface area contributed by atoms with E-state index in [0.29, 0.717) is 16.1 Å². The highest BCUT2D eigenvalue weighted by molar-refractivity contribution is 7.89. The second kappa shape index (κ2) is 11.0. The maximum absolute atomic E-state index is 13.6. The molecule has 1 aromatic heterocycles. The van der Waals surface area contributed by atoms with E-state index in [1.807, 2.05) is 30.3 Å². The number of nitrogens with one attached hydrogen (secondary N) is 1. The number of amides is 1. The first-order valence-corrected chi connectivity index (χ1v) is 14.2. The normalized spacial score (nSPS) is 14.0. The van der Waals surface area contributed by atoms with E-state index in [1.54, 1.807) is 48.8 Å². The van der Waals surface area contributed by atoms with Crippen molar-refractivity contribution >= 4 is 27.5 Å². The first-order valence-electron chi connectivity index (χ1n) is 12.4. The minimum atomic E-state index is -3.89. The van der Waals surface area contributed by atoms with Gasteiger partial charge in [-0.2, -0.15) is 9.57 Å². The van der Waals surface area contributed by atoms with Gasteiger partial charge >= 0.3 is 0 Å². The molecule has 5 rings (SSSR count). The van der Waals surface area contributed by atoms with Gasteiger partial charge in [0.15, 0.2) is 0 Å². The molecule has 39 heavy (non-hydrogen) atoms. The Balaban J connectivity index is 1.35. The Labute approximate surface area is 232 Å². The van der Waals surface area contributed by atoms with E-state index >= 15 is 0 Å². The summed E-state index contributed by atoms with van der Waals surface area (Å²) >= 11 is 6.15. The summed E-state index contributed by atoms with van der Waals surface area (Å²) in [6.07, 6.45) is 4.94. The summed E-state index contributed by atoms with van der Waals surface area (Å²) in [6, 6.07) is 25.9. The van der Waals surface area contributed by atoms with Crippen LogP contribution in [0.2, 0.25) is 5.02 Å². The van der Waals surface area contributed by atoms with Crippen LogP contribution in [0.3, 0.4) is 0 Å². The van der Waals surface area contributed by atoms with Gasteiger partial charge < -0.3 is 5.32 Å². The fourth-order valence-electron chi connectivity index (χ4n) is 4.42. The van der Waals surface area contributed by atoms with Crippen LogP contribution >= 0.6 is 11.6 Å². The number of nitrogens with zero attached hydrogens (tertiary/aromatic N) is 3. The SMILES string of the molecule is N#Cc1ccc(S(=O)(=O)N(Cc2ccc(C(=O)NC3(c4cccc(Cl)c4)CC3)cc2)Cc2cccnc2)cc1. The molecule has 0 unspecified atom stereocenters. The van der Waals surface area contributed by atoms with Crippen molar-refractivity contribution in [1.29, 1.82) is 5.26 Å². The van der Waals surface area contributed by atoms with Crippen molar-refractivity contribution in [3.63, 3.8) is 0 Å². The van der Waals surface area contributed by atoms with Crippen LogP contribution in [0.4, 0.5) is 0 Å². The van der Waals surface area contributed by atoms with Crippen LogP contribution in [0.1, 0.15) is 45.5 Å². The Hall–Kier alpha value is -4.03. The van der Waals surface area contributed by atoms with Gasteiger partial charge in [0.1, 0.15) is 0 Å². The molecule has 0 atom stereocenters. The average molecular weight is 557 g/mol. The molecule has 1 saturated carbocycles. The fraction of sp³-hybridized carbons (Fsp3) is 0.167. The van der Waals surface area contributed by atoms with Crippen molar-refractivity contribution < 1.29 is 13.2 Å². The molecule has 1 amide bonds. The molecule has 9 heteroatoms. The van der Waals surface area contributed by atoms with Crippen molar-refractivity contribution in [2.75, 3.05) is 0 Å². The van der Waals surface area contributed by atoms with Crippen molar-refractivity contribution in [1.82, 2.24) is 14.6 Å². The van der Waals surface area contributed by atoms with Gasteiger partial charge in [0.2, 0.25) is 10.0 Å². The Morgan fingerprint density at radius 3 is 2.31 bits per heavy atom. The number of hydrogen-bond donors (Lipinski definition) is 1. The molecule has 1 aliphatic carbocycles. The van der Waals surface area contributed by atoms with Crippen molar-refractivity contribution in [3.8, 4) is 6.07 Å². The van der Waals surface area contributed by atoms with Crippen LogP contribution in [-0.4, -0.2) is 23.6 Å². The number of carbonyl (C=O) groups excluding carboxylic acids is 1. The van der Waals surface area contributed by atoms with Crippen LogP contribution in [0.5, 0.6) is 0 Å². The molecule has 1 N–H and O–H groups in total. The third-order valence-electron chi connectivity index (χ3n) is 6.76. The quantitative estimate of drug-likeness (QED) is 0.296. The third-order valence-corrected chi connectivity index (χ3v) is 8.80. The van der Waals surface area contributed by atoms with Gasteiger partial charge in [-0.15, -0.1) is 0 Å². The number of hydrogen-bond acceptors (Lipinski definition) is 5. The number of benzene rings is 3. The standard InChI is InChI=1S/C30H25ClN4O3S/c31-27-5-1-4-26(17-27)30(14-15-30)34-29(36)25-10-6-23(7-11-25)20-35(21-24-3-2-16-33-19-24)39(37,38)28-12-8-22(18-32)9-13-28/h1-13,16-17,19H,14-15,20-21H2,(H,34,36). The molecule has 0 aliphatic heterocycles. The number of sulfonamides is 1. The van der Waals surface area contributed by atoms with E-state index in [1.165, 1.54) is 28.6 Å². The van der Waals surface area contributed by atoms with E-state index in [-0.39, 0.29) is 23.9 Å². The molecule has 1 aliphatic rings. The molecule has 0 bridgehead atoms. The number of halogens is 1. The molecule has 1 fully saturated rings. The summed E-state index contributed by atoms with van der Waals surface area (Å²) in [4.78, 5) is 17.2. The van der Waals surface area contributed by atoms with Gasteiger partial charge in [-0.25, -0.2) is 8.42 Å². The molecule has 0 spiro atoms. The van der Waals surface area contributed by atoms with Crippen LogP contribution in [0, 0.1) is 11.3 Å². The molecule has 196 valence electrons. The number of nitriles is 1. The van der Waals surface area contributed by atoms with E-state index in [9.17, 15) is 13.2 Å². The molecule has 7 nitrogen and oxygen atoms in total. The fourth-order valence-corrected chi connectivity index (χ4v) is 6.03. The maximum atomic E-state index is 13.6. The summed E-state index contributed by atoms with van der Waals surface area (Å²) < 4.78 is 28.5. The highest BCUT2D eigenvalue weighted by Crippen LogP contribution is 2.46. The number of pyridine rings is 1. The van der Waals surface area contributed by atoms with Gasteiger partial charge in [-0.05, 0) is 84.1 Å². The van der Waals surface area contributed by atoms with Crippen LogP contribution < -0.4 is 5.32 Å². The summed E-state index contributed by atoms with van der Waals surface area (Å²) in [5.74, 6) is -0.198. The molecular weight excluding hydrogens is 532 g/mol. The van der Waals surface area contributed by atoms with Gasteiger partial charge in [0.05, 0.1) is 22.1 Å². The van der Waals surface area contributed by atoms with Crippen molar-refractivity contribution in [3.05, 3.63) is 130 Å². The Morgan fingerprint density at radius 2 is 1.69 bits per heavy atom. The summed E-state index contributed by atoms with van der Waals surface area (Å²) in [7, 11) is -3.89. The van der Waals surface area contributed by atoms with E-state index < -0.39 is 15.6 Å². The monoisotopic (exact) mass is 556 g/mol. The lowest BCUT2D eigenvalue weighted by atomic mass is 10.0. The zero-order valence-electron chi connectivity index (χ0n) is 20.9. The smallest absolute Gasteiger partial charge is 0.251 e. The topological polar surface area (TPSA) is 103 Å². The number of carbonyl (C=O) groups is 1. The molecule has 0 radical (unpaired) electrons. The lowest BCUT2D eigenvalue weighted by molar-refractivity contribution is 0.0930. The summed E-state index contributed by atoms with van der Waals surface area (Å²) in [5, 5.41) is 12.8. The van der Waals surface area contributed by atoms with Gasteiger partial charge in [-0.3, -0.25) is 9.78 Å². The van der Waals surface area contributed by atoms with Crippen LogP contribution in [-0.2, 0) is 28.7 Å². The molecule has 4 aromatic rings. The van der Waals surface area contributed by atoms with Crippen molar-refractivity contribution in [2.45, 2.75) is 36.4 Å². The van der Waals surface area contributed by atoms with Crippen molar-refractivity contribution in [2.24, 2.45) is 0 Å². The van der Waals surface area contributed by atoms with E-state index in [0.717, 1.165) is 29.5 Å². The first-order chi connectivity index (χ1) is 18.8. The Morgan fingerprint density at radius 1 is 0.974 bits per heavy atom. The van der Waals surface area contributed by atoms with Gasteiger partial charge in [-0.1, -0.05) is 41.9 Å². The van der Waals surface area contributed by atoms with Gasteiger partial charge in [0.25, 0.3) is 5.91 Å². The highest BCUT2D eigenvalue weighted by Gasteiger charge is 2.45. The maximum Gasteiger partial charge on any atom is 0.251 e. The summed E-state index contributed by atoms with van der Waals surface area (Å²) in [6.45, 7) is 0.201. The molecule has 0 saturated heterocycles. The highest BCUT2D eigenvalue weighted by atomic mass is 35.5. The summed E-state index contributed by atoms with van der Waals surface area (Å²) in [5.41, 5.74) is 2.91. The van der Waals surface area contributed by atoms with Crippen LogP contribution in [0.25, 0.3) is 0 Å². The van der Waals surface area contributed by atoms with E-state index in [2.05, 4.69) is 10.3 Å². The van der Waals surface area contributed by atoms with E-state index in [4.69, 9.17) is 16.9 Å². The predicted octanol–water partition coefficient (Wildman–Crippen LogP) is 5.42. The number of aromatic nitrogens is 1. The number of rotatable bonds is 9.